The highest BCUT2D eigenvalue weighted by Crippen LogP contribution is 2.44. The molecule has 0 spiro atoms. The van der Waals surface area contributed by atoms with E-state index in [2.05, 4.69) is 34.9 Å². The fraction of sp³-hybridized carbons (Fsp3) is 0.444. The van der Waals surface area contributed by atoms with Crippen molar-refractivity contribution in [2.75, 3.05) is 13.2 Å². The molecule has 7 nitrogen and oxygen atoms in total. The third-order valence-corrected chi connectivity index (χ3v) is 6.33. The Labute approximate surface area is 200 Å². The van der Waals surface area contributed by atoms with Gasteiger partial charge in [-0.2, -0.15) is 0 Å². The number of carboxylic acids is 1. The van der Waals surface area contributed by atoms with Crippen molar-refractivity contribution in [2.24, 2.45) is 5.92 Å². The largest absolute Gasteiger partial charge is 0.481 e. The molecule has 3 rings (SSSR count). The maximum absolute atomic E-state index is 12.7. The average Bonchev–Trinajstić information content (AvgIpc) is 3.16. The fourth-order valence-corrected chi connectivity index (χ4v) is 4.33. The van der Waals surface area contributed by atoms with Crippen molar-refractivity contribution in [3.8, 4) is 11.1 Å². The number of carbonyl (C=O) groups is 3. The molecule has 2 atom stereocenters. The molecule has 0 saturated carbocycles. The molecular weight excluding hydrogens is 432 g/mol. The zero-order valence-electron chi connectivity index (χ0n) is 19.9. The number of alkyl carbamates (subject to hydrolysis) is 1. The number of unbranched alkanes of at least 4 members (excludes halogenated alkanes) is 1. The van der Waals surface area contributed by atoms with Gasteiger partial charge in [0.05, 0.1) is 5.92 Å². The van der Waals surface area contributed by atoms with Gasteiger partial charge in [0.15, 0.2) is 0 Å². The van der Waals surface area contributed by atoms with Crippen molar-refractivity contribution in [3.63, 3.8) is 0 Å². The van der Waals surface area contributed by atoms with Gasteiger partial charge < -0.3 is 20.5 Å². The second-order valence-corrected chi connectivity index (χ2v) is 8.84. The number of carboxylic acid groups (broad SMARTS) is 1. The molecule has 0 radical (unpaired) electrons. The lowest BCUT2D eigenvalue weighted by Crippen LogP contribution is -2.47. The molecule has 3 N–H and O–H groups in total. The van der Waals surface area contributed by atoms with Gasteiger partial charge in [0.1, 0.15) is 12.6 Å². The summed E-state index contributed by atoms with van der Waals surface area (Å²) in [5.74, 6) is -1.61. The summed E-state index contributed by atoms with van der Waals surface area (Å²) in [5.41, 5.74) is 4.58. The minimum atomic E-state index is -0.843. The lowest BCUT2D eigenvalue weighted by Gasteiger charge is -2.20. The highest BCUT2D eigenvalue weighted by atomic mass is 16.5. The van der Waals surface area contributed by atoms with E-state index in [1.807, 2.05) is 31.2 Å². The Bertz CT molecular complexity index is 961. The van der Waals surface area contributed by atoms with Crippen LogP contribution in [0.4, 0.5) is 4.79 Å². The van der Waals surface area contributed by atoms with E-state index in [-0.39, 0.29) is 18.4 Å². The Morgan fingerprint density at radius 2 is 1.59 bits per heavy atom. The number of benzene rings is 2. The summed E-state index contributed by atoms with van der Waals surface area (Å²) in [6.45, 7) is 4.23. The summed E-state index contributed by atoms with van der Waals surface area (Å²) < 4.78 is 5.59. The second kappa shape index (κ2) is 12.2. The van der Waals surface area contributed by atoms with Crippen molar-refractivity contribution < 1.29 is 24.2 Å². The van der Waals surface area contributed by atoms with Crippen molar-refractivity contribution in [3.05, 3.63) is 59.7 Å². The Morgan fingerprint density at radius 1 is 0.971 bits per heavy atom. The van der Waals surface area contributed by atoms with E-state index in [1.54, 1.807) is 6.92 Å². The summed E-state index contributed by atoms with van der Waals surface area (Å²) in [7, 11) is 0. The van der Waals surface area contributed by atoms with Crippen LogP contribution in [-0.2, 0) is 14.3 Å². The van der Waals surface area contributed by atoms with Crippen LogP contribution in [0.3, 0.4) is 0 Å². The molecule has 7 heteroatoms. The van der Waals surface area contributed by atoms with E-state index in [1.165, 1.54) is 0 Å². The maximum atomic E-state index is 12.7. The number of amides is 2. The van der Waals surface area contributed by atoms with E-state index < -0.39 is 24.0 Å². The van der Waals surface area contributed by atoms with Gasteiger partial charge in [-0.1, -0.05) is 75.2 Å². The zero-order chi connectivity index (χ0) is 24.5. The molecule has 0 saturated heterocycles. The minimum absolute atomic E-state index is 0.0442. The first-order valence-electron chi connectivity index (χ1n) is 12.0. The monoisotopic (exact) mass is 466 g/mol. The van der Waals surface area contributed by atoms with Crippen LogP contribution in [0.5, 0.6) is 0 Å². The van der Waals surface area contributed by atoms with E-state index in [9.17, 15) is 14.4 Å². The van der Waals surface area contributed by atoms with Gasteiger partial charge in [-0.25, -0.2) is 4.79 Å². The standard InChI is InChI=1S/C27H34N2O5/c1-3-4-15-24(25(30)28-16-9-10-18(2)26(31)32)29-27(33)34-17-23-21-13-7-5-11-19(21)20-12-6-8-14-22(20)23/h5-8,11-14,18,23-24H,3-4,9-10,15-17H2,1-2H3,(H,28,30)(H,29,33)(H,31,32)/t18?,24-/m0/s1. The number of hydrogen-bond donors (Lipinski definition) is 3. The molecule has 1 aliphatic carbocycles. The van der Waals surface area contributed by atoms with Crippen molar-refractivity contribution in [1.29, 1.82) is 0 Å². The molecule has 2 amide bonds. The molecule has 0 aliphatic heterocycles. The van der Waals surface area contributed by atoms with Crippen LogP contribution < -0.4 is 10.6 Å². The van der Waals surface area contributed by atoms with Gasteiger partial charge in [0, 0.05) is 12.5 Å². The molecular formula is C27H34N2O5. The molecule has 2 aromatic rings. The van der Waals surface area contributed by atoms with Crippen LogP contribution in [0.25, 0.3) is 11.1 Å². The normalized spacial score (nSPS) is 13.9. The fourth-order valence-electron chi connectivity index (χ4n) is 4.33. The summed E-state index contributed by atoms with van der Waals surface area (Å²) in [6.07, 6.45) is 2.62. The number of fused-ring (bicyclic) bond motifs is 3. The number of nitrogens with one attached hydrogen (secondary N) is 2. The molecule has 0 aromatic heterocycles. The summed E-state index contributed by atoms with van der Waals surface area (Å²) in [6, 6.07) is 15.6. The van der Waals surface area contributed by atoms with Crippen molar-refractivity contribution in [2.45, 2.75) is 57.9 Å². The first-order valence-corrected chi connectivity index (χ1v) is 12.0. The molecule has 0 heterocycles. The molecule has 182 valence electrons. The zero-order valence-corrected chi connectivity index (χ0v) is 19.9. The van der Waals surface area contributed by atoms with Gasteiger partial charge in [0.2, 0.25) is 5.91 Å². The van der Waals surface area contributed by atoms with Gasteiger partial charge >= 0.3 is 12.1 Å². The van der Waals surface area contributed by atoms with Gasteiger partial charge in [0.25, 0.3) is 0 Å². The first-order chi connectivity index (χ1) is 16.4. The van der Waals surface area contributed by atoms with Crippen molar-refractivity contribution >= 4 is 18.0 Å². The molecule has 1 unspecified atom stereocenters. The van der Waals surface area contributed by atoms with E-state index in [4.69, 9.17) is 9.84 Å². The number of rotatable bonds is 12. The third-order valence-electron chi connectivity index (χ3n) is 6.33. The van der Waals surface area contributed by atoms with E-state index in [0.717, 1.165) is 35.1 Å². The van der Waals surface area contributed by atoms with E-state index >= 15 is 0 Å². The minimum Gasteiger partial charge on any atom is -0.481 e. The third kappa shape index (κ3) is 6.37. The van der Waals surface area contributed by atoms with Crippen LogP contribution in [0, 0.1) is 5.92 Å². The van der Waals surface area contributed by atoms with Crippen LogP contribution in [0.15, 0.2) is 48.5 Å². The van der Waals surface area contributed by atoms with Gasteiger partial charge in [-0.3, -0.25) is 9.59 Å². The van der Waals surface area contributed by atoms with Gasteiger partial charge in [-0.15, -0.1) is 0 Å². The SMILES string of the molecule is CCCC[C@H](NC(=O)OCC1c2ccccc2-c2ccccc21)C(=O)NCCCC(C)C(=O)O. The topological polar surface area (TPSA) is 105 Å². The van der Waals surface area contributed by atoms with Gasteiger partial charge in [-0.05, 0) is 41.5 Å². The molecule has 0 fully saturated rings. The lowest BCUT2D eigenvalue weighted by molar-refractivity contribution is -0.141. The smallest absolute Gasteiger partial charge is 0.407 e. The predicted molar refractivity (Wildman–Crippen MR) is 131 cm³/mol. The summed E-state index contributed by atoms with van der Waals surface area (Å²) >= 11 is 0. The summed E-state index contributed by atoms with van der Waals surface area (Å²) in [4.78, 5) is 36.2. The van der Waals surface area contributed by atoms with Crippen LogP contribution in [0.1, 0.15) is 63.0 Å². The average molecular weight is 467 g/mol. The highest BCUT2D eigenvalue weighted by molar-refractivity contribution is 5.85. The second-order valence-electron chi connectivity index (χ2n) is 8.84. The number of hydrogen-bond acceptors (Lipinski definition) is 4. The Kier molecular flexibility index (Phi) is 9.08. The van der Waals surface area contributed by atoms with Crippen molar-refractivity contribution in [1.82, 2.24) is 10.6 Å². The van der Waals surface area contributed by atoms with E-state index in [0.29, 0.717) is 25.8 Å². The quantitative estimate of drug-likeness (QED) is 0.393. The molecule has 0 bridgehead atoms. The Hall–Kier alpha value is -3.35. The maximum Gasteiger partial charge on any atom is 0.407 e. The number of aliphatic carboxylic acids is 1. The van der Waals surface area contributed by atoms with Crippen LogP contribution in [-0.4, -0.2) is 42.3 Å². The number of carbonyl (C=O) groups excluding carboxylic acids is 2. The lowest BCUT2D eigenvalue weighted by atomic mass is 9.98. The summed E-state index contributed by atoms with van der Waals surface area (Å²) in [5, 5.41) is 14.5. The molecule has 1 aliphatic rings. The predicted octanol–water partition coefficient (Wildman–Crippen LogP) is 4.70. The highest BCUT2D eigenvalue weighted by Gasteiger charge is 2.29. The first kappa shape index (κ1) is 25.3. The Balaban J connectivity index is 1.55. The molecule has 34 heavy (non-hydrogen) atoms. The molecule has 2 aromatic carbocycles. The number of ether oxygens (including phenoxy) is 1. The Morgan fingerprint density at radius 3 is 2.18 bits per heavy atom. The van der Waals surface area contributed by atoms with Crippen LogP contribution >= 0.6 is 0 Å². The van der Waals surface area contributed by atoms with Crippen LogP contribution in [0.2, 0.25) is 0 Å².